The molecule has 1 saturated heterocycles. The molecule has 2 aliphatic rings. The van der Waals surface area contributed by atoms with E-state index in [0.29, 0.717) is 19.8 Å². The first-order valence-corrected chi connectivity index (χ1v) is 4.95. The van der Waals surface area contributed by atoms with E-state index in [0.717, 1.165) is 12.8 Å². The number of amides is 1. The first-order chi connectivity index (χ1) is 6.68. The summed E-state index contributed by atoms with van der Waals surface area (Å²) < 4.78 is 5.04. The van der Waals surface area contributed by atoms with Gasteiger partial charge in [-0.2, -0.15) is 0 Å². The van der Waals surface area contributed by atoms with Crippen molar-refractivity contribution in [3.63, 3.8) is 0 Å². The fraction of sp³-hybridized carbons (Fsp3) is 0.889. The van der Waals surface area contributed by atoms with E-state index in [1.165, 1.54) is 0 Å². The highest BCUT2D eigenvalue weighted by molar-refractivity contribution is 5.85. The van der Waals surface area contributed by atoms with E-state index in [-0.39, 0.29) is 17.4 Å². The molecule has 1 aliphatic heterocycles. The third-order valence-electron chi connectivity index (χ3n) is 3.09. The summed E-state index contributed by atoms with van der Waals surface area (Å²) in [6, 6.07) is -0.258. The highest BCUT2D eigenvalue weighted by Gasteiger charge is 2.49. The average molecular weight is 200 g/mol. The molecule has 2 rings (SSSR count). The second-order valence-corrected chi connectivity index (χ2v) is 4.17. The van der Waals surface area contributed by atoms with Crippen LogP contribution in [0.2, 0.25) is 0 Å². The van der Waals surface area contributed by atoms with Gasteiger partial charge in [0.2, 0.25) is 5.91 Å². The summed E-state index contributed by atoms with van der Waals surface area (Å²) >= 11 is 0. The molecule has 0 aromatic carbocycles. The van der Waals surface area contributed by atoms with Crippen LogP contribution in [0.3, 0.4) is 0 Å². The molecule has 0 aromatic rings. The lowest BCUT2D eigenvalue weighted by Crippen LogP contribution is -2.47. The zero-order valence-electron chi connectivity index (χ0n) is 8.03. The van der Waals surface area contributed by atoms with E-state index < -0.39 is 6.10 Å². The predicted octanol–water partition coefficient (Wildman–Crippen LogP) is -1.40. The van der Waals surface area contributed by atoms with Gasteiger partial charge >= 0.3 is 0 Å². The van der Waals surface area contributed by atoms with E-state index in [1.54, 1.807) is 0 Å². The molecule has 2 fully saturated rings. The standard InChI is InChI=1S/C9H16N2O3/c10-5-9(1-2-9)8(13)11-6-3-14-4-7(6)12/h6-7,12H,1-5,10H2,(H,11,13)/t6-,7-/m1/s1. The van der Waals surface area contributed by atoms with E-state index in [4.69, 9.17) is 10.5 Å². The normalized spacial score (nSPS) is 34.1. The quantitative estimate of drug-likeness (QED) is 0.523. The molecule has 0 aromatic heterocycles. The molecule has 5 nitrogen and oxygen atoms in total. The number of ether oxygens (including phenoxy) is 1. The number of nitrogens with two attached hydrogens (primary N) is 1. The maximum Gasteiger partial charge on any atom is 0.227 e. The van der Waals surface area contributed by atoms with Gasteiger partial charge in [-0.3, -0.25) is 4.79 Å². The molecule has 0 unspecified atom stereocenters. The molecule has 1 heterocycles. The molecule has 1 amide bonds. The summed E-state index contributed by atoms with van der Waals surface area (Å²) in [5, 5.41) is 12.2. The van der Waals surface area contributed by atoms with Crippen molar-refractivity contribution in [2.24, 2.45) is 11.1 Å². The van der Waals surface area contributed by atoms with Crippen molar-refractivity contribution in [2.45, 2.75) is 25.0 Å². The van der Waals surface area contributed by atoms with Crippen molar-refractivity contribution in [2.75, 3.05) is 19.8 Å². The Morgan fingerprint density at radius 3 is 2.71 bits per heavy atom. The Labute approximate surface area is 82.6 Å². The first kappa shape index (κ1) is 9.89. The average Bonchev–Trinajstić information content (AvgIpc) is 2.89. The third kappa shape index (κ3) is 1.63. The summed E-state index contributed by atoms with van der Waals surface area (Å²) in [4.78, 5) is 11.7. The van der Waals surface area contributed by atoms with Gasteiger partial charge in [-0.25, -0.2) is 0 Å². The summed E-state index contributed by atoms with van der Waals surface area (Å²) in [5.41, 5.74) is 5.18. The molecule has 0 spiro atoms. The van der Waals surface area contributed by atoms with Gasteiger partial charge in [-0.1, -0.05) is 0 Å². The lowest BCUT2D eigenvalue weighted by atomic mass is 10.1. The van der Waals surface area contributed by atoms with Gasteiger partial charge in [0.15, 0.2) is 0 Å². The van der Waals surface area contributed by atoms with Crippen LogP contribution in [0, 0.1) is 5.41 Å². The van der Waals surface area contributed by atoms with E-state index in [9.17, 15) is 9.90 Å². The summed E-state index contributed by atoms with van der Waals surface area (Å²) in [6.07, 6.45) is 1.14. The third-order valence-corrected chi connectivity index (χ3v) is 3.09. The number of carbonyl (C=O) groups excluding carboxylic acids is 1. The highest BCUT2D eigenvalue weighted by Crippen LogP contribution is 2.44. The Hall–Kier alpha value is -0.650. The van der Waals surface area contributed by atoms with Crippen molar-refractivity contribution in [3.8, 4) is 0 Å². The molecule has 14 heavy (non-hydrogen) atoms. The maximum atomic E-state index is 11.7. The van der Waals surface area contributed by atoms with Crippen LogP contribution in [-0.2, 0) is 9.53 Å². The summed E-state index contributed by atoms with van der Waals surface area (Å²) in [5.74, 6) is -0.0328. The van der Waals surface area contributed by atoms with Crippen LogP contribution in [0.15, 0.2) is 0 Å². The van der Waals surface area contributed by atoms with Crippen molar-refractivity contribution < 1.29 is 14.6 Å². The number of nitrogens with one attached hydrogen (secondary N) is 1. The van der Waals surface area contributed by atoms with Gasteiger partial charge < -0.3 is 20.9 Å². The smallest absolute Gasteiger partial charge is 0.227 e. The van der Waals surface area contributed by atoms with Crippen LogP contribution >= 0.6 is 0 Å². The van der Waals surface area contributed by atoms with Crippen molar-refractivity contribution >= 4 is 5.91 Å². The minimum absolute atomic E-state index is 0.0328. The molecule has 0 radical (unpaired) electrons. The van der Waals surface area contributed by atoms with E-state index in [2.05, 4.69) is 5.32 Å². The largest absolute Gasteiger partial charge is 0.388 e. The lowest BCUT2D eigenvalue weighted by Gasteiger charge is -2.18. The fourth-order valence-corrected chi connectivity index (χ4v) is 1.68. The molecule has 5 heteroatoms. The van der Waals surface area contributed by atoms with Crippen LogP contribution in [0.1, 0.15) is 12.8 Å². The minimum Gasteiger partial charge on any atom is -0.388 e. The van der Waals surface area contributed by atoms with Crippen molar-refractivity contribution in [1.82, 2.24) is 5.32 Å². The molecular weight excluding hydrogens is 184 g/mol. The zero-order valence-corrected chi connectivity index (χ0v) is 8.03. The molecular formula is C9H16N2O3. The van der Waals surface area contributed by atoms with Crippen LogP contribution in [0.25, 0.3) is 0 Å². The maximum absolute atomic E-state index is 11.7. The van der Waals surface area contributed by atoms with Gasteiger partial charge in [0.05, 0.1) is 30.8 Å². The Morgan fingerprint density at radius 2 is 2.29 bits per heavy atom. The predicted molar refractivity (Wildman–Crippen MR) is 49.5 cm³/mol. The number of aliphatic hydroxyl groups excluding tert-OH is 1. The molecule has 2 atom stereocenters. The second-order valence-electron chi connectivity index (χ2n) is 4.17. The van der Waals surface area contributed by atoms with Crippen LogP contribution in [-0.4, -0.2) is 42.9 Å². The Bertz CT molecular complexity index is 240. The lowest BCUT2D eigenvalue weighted by molar-refractivity contribution is -0.127. The number of rotatable bonds is 3. The van der Waals surface area contributed by atoms with E-state index >= 15 is 0 Å². The molecule has 80 valence electrons. The number of carbonyl (C=O) groups is 1. The second kappa shape index (κ2) is 3.49. The van der Waals surface area contributed by atoms with Gasteiger partial charge in [-0.05, 0) is 12.8 Å². The first-order valence-electron chi connectivity index (χ1n) is 4.95. The number of aliphatic hydroxyl groups is 1. The van der Waals surface area contributed by atoms with Gasteiger partial charge in [0, 0.05) is 6.54 Å². The van der Waals surface area contributed by atoms with Crippen LogP contribution < -0.4 is 11.1 Å². The summed E-state index contributed by atoms with van der Waals surface area (Å²) in [6.45, 7) is 1.09. The molecule has 1 aliphatic carbocycles. The van der Waals surface area contributed by atoms with Gasteiger partial charge in [0.25, 0.3) is 0 Å². The molecule has 0 bridgehead atoms. The van der Waals surface area contributed by atoms with Crippen LogP contribution in [0.4, 0.5) is 0 Å². The molecule has 1 saturated carbocycles. The SMILES string of the molecule is NCC1(C(=O)N[C@@H]2COC[C@H]2O)CC1. The monoisotopic (exact) mass is 200 g/mol. The van der Waals surface area contributed by atoms with Gasteiger partial charge in [0.1, 0.15) is 0 Å². The Morgan fingerprint density at radius 1 is 1.57 bits per heavy atom. The number of hydrogen-bond acceptors (Lipinski definition) is 4. The van der Waals surface area contributed by atoms with Crippen LogP contribution in [0.5, 0.6) is 0 Å². The Balaban J connectivity index is 1.88. The van der Waals surface area contributed by atoms with Gasteiger partial charge in [-0.15, -0.1) is 0 Å². The Kier molecular flexibility index (Phi) is 2.47. The minimum atomic E-state index is -0.576. The van der Waals surface area contributed by atoms with Crippen molar-refractivity contribution in [3.05, 3.63) is 0 Å². The fourth-order valence-electron chi connectivity index (χ4n) is 1.68. The van der Waals surface area contributed by atoms with Crippen molar-refractivity contribution in [1.29, 1.82) is 0 Å². The molecule has 4 N–H and O–H groups in total. The zero-order chi connectivity index (χ0) is 10.2. The topological polar surface area (TPSA) is 84.6 Å². The van der Waals surface area contributed by atoms with E-state index in [1.807, 2.05) is 0 Å². The summed E-state index contributed by atoms with van der Waals surface area (Å²) in [7, 11) is 0. The highest BCUT2D eigenvalue weighted by atomic mass is 16.5. The number of hydrogen-bond donors (Lipinski definition) is 3.